The highest BCUT2D eigenvalue weighted by Gasteiger charge is 2.35. The lowest BCUT2D eigenvalue weighted by Crippen LogP contribution is -2.42. The number of rotatable bonds is 3. The molecule has 6 heteroatoms. The number of hydrogen-bond acceptors (Lipinski definition) is 3. The number of H-pyrrole nitrogens is 1. The lowest BCUT2D eigenvalue weighted by Gasteiger charge is -2.34. The molecule has 2 aromatic rings. The third-order valence-electron chi connectivity index (χ3n) is 5.99. The summed E-state index contributed by atoms with van der Waals surface area (Å²) in [5.74, 6) is 0.730. The number of aromatic amines is 1. The highest BCUT2D eigenvalue weighted by molar-refractivity contribution is 5.79. The fraction of sp³-hybridized carbons (Fsp3) is 0.632. The minimum Gasteiger partial charge on any atom is -0.339 e. The molecule has 1 saturated carbocycles. The van der Waals surface area contributed by atoms with Crippen molar-refractivity contribution in [3.8, 4) is 0 Å². The molecule has 1 aliphatic heterocycles. The number of fused-ring (bicyclic) bond motifs is 1. The highest BCUT2D eigenvalue weighted by Crippen LogP contribution is 2.34. The van der Waals surface area contributed by atoms with Gasteiger partial charge in [-0.3, -0.25) is 14.7 Å². The number of hydrogen-bond donors (Lipinski definition) is 1. The zero-order valence-electron chi connectivity index (χ0n) is 14.8. The molecule has 1 atom stereocenters. The van der Waals surface area contributed by atoms with E-state index in [2.05, 4.69) is 15.0 Å². The zero-order valence-corrected chi connectivity index (χ0v) is 14.8. The van der Waals surface area contributed by atoms with Gasteiger partial charge in [0, 0.05) is 36.1 Å². The van der Waals surface area contributed by atoms with Crippen LogP contribution in [-0.2, 0) is 11.2 Å². The molecule has 2 fully saturated rings. The Morgan fingerprint density at radius 3 is 2.84 bits per heavy atom. The summed E-state index contributed by atoms with van der Waals surface area (Å²) in [6.07, 6.45) is 10.4. The maximum absolute atomic E-state index is 13.0. The Hall–Kier alpha value is -2.11. The zero-order chi connectivity index (χ0) is 17.4. The van der Waals surface area contributed by atoms with Gasteiger partial charge in [0.05, 0.1) is 6.42 Å². The van der Waals surface area contributed by atoms with E-state index in [0.29, 0.717) is 28.9 Å². The topological polar surface area (TPSA) is 70.5 Å². The molecule has 2 aromatic heterocycles. The van der Waals surface area contributed by atoms with Crippen molar-refractivity contribution in [1.82, 2.24) is 19.5 Å². The fourth-order valence-electron chi connectivity index (χ4n) is 4.67. The van der Waals surface area contributed by atoms with Crippen molar-refractivity contribution in [1.29, 1.82) is 0 Å². The fourth-order valence-corrected chi connectivity index (χ4v) is 4.67. The molecule has 0 spiro atoms. The Morgan fingerprint density at radius 1 is 1.24 bits per heavy atom. The van der Waals surface area contributed by atoms with Crippen LogP contribution in [0.25, 0.3) is 5.65 Å². The van der Waals surface area contributed by atoms with Crippen LogP contribution in [0.4, 0.5) is 0 Å². The molecule has 1 amide bonds. The predicted octanol–water partition coefficient (Wildman–Crippen LogP) is 2.44. The van der Waals surface area contributed by atoms with E-state index in [9.17, 15) is 9.59 Å². The Bertz CT molecular complexity index is 832. The number of nitrogens with zero attached hydrogens (tertiary/aromatic N) is 3. The van der Waals surface area contributed by atoms with E-state index < -0.39 is 0 Å². The first-order valence-electron chi connectivity index (χ1n) is 9.50. The number of aromatic nitrogens is 3. The maximum atomic E-state index is 13.0. The van der Waals surface area contributed by atoms with Gasteiger partial charge in [-0.05, 0) is 38.5 Å². The van der Waals surface area contributed by atoms with Crippen LogP contribution in [0.15, 0.2) is 17.1 Å². The van der Waals surface area contributed by atoms with Gasteiger partial charge in [0.2, 0.25) is 5.91 Å². The summed E-state index contributed by atoms with van der Waals surface area (Å²) in [6.45, 7) is 2.65. The summed E-state index contributed by atoms with van der Waals surface area (Å²) in [7, 11) is 0. The third kappa shape index (κ3) is 2.98. The summed E-state index contributed by atoms with van der Waals surface area (Å²) in [5, 5.41) is 2.88. The lowest BCUT2D eigenvalue weighted by molar-refractivity contribution is -0.132. The molecule has 1 N–H and O–H groups in total. The van der Waals surface area contributed by atoms with Crippen molar-refractivity contribution >= 4 is 11.6 Å². The highest BCUT2D eigenvalue weighted by atomic mass is 16.2. The molecule has 0 unspecified atom stereocenters. The molecule has 2 aliphatic rings. The first kappa shape index (κ1) is 16.4. The van der Waals surface area contributed by atoms with Gasteiger partial charge in [-0.15, -0.1) is 0 Å². The van der Waals surface area contributed by atoms with Crippen LogP contribution < -0.4 is 5.56 Å². The van der Waals surface area contributed by atoms with E-state index in [0.717, 1.165) is 19.4 Å². The van der Waals surface area contributed by atoms with Crippen LogP contribution >= 0.6 is 0 Å². The second kappa shape index (κ2) is 6.65. The van der Waals surface area contributed by atoms with Gasteiger partial charge in [-0.25, -0.2) is 9.50 Å². The first-order valence-corrected chi connectivity index (χ1v) is 9.50. The summed E-state index contributed by atoms with van der Waals surface area (Å²) >= 11 is 0. The summed E-state index contributed by atoms with van der Waals surface area (Å²) in [5.41, 5.74) is 1.61. The molecule has 0 radical (unpaired) electrons. The molecule has 6 nitrogen and oxygen atoms in total. The van der Waals surface area contributed by atoms with Crippen molar-refractivity contribution in [3.05, 3.63) is 33.9 Å². The minimum absolute atomic E-state index is 0.0848. The molecular formula is C19H26N4O2. The van der Waals surface area contributed by atoms with Crippen molar-refractivity contribution in [2.45, 2.75) is 64.3 Å². The molecule has 0 bridgehead atoms. The van der Waals surface area contributed by atoms with Gasteiger partial charge in [0.1, 0.15) is 0 Å². The molecule has 4 rings (SSSR count). The van der Waals surface area contributed by atoms with Gasteiger partial charge < -0.3 is 4.90 Å². The molecular weight excluding hydrogens is 316 g/mol. The Labute approximate surface area is 147 Å². The van der Waals surface area contributed by atoms with E-state index in [1.807, 2.05) is 6.92 Å². The number of likely N-dealkylation sites (tertiary alicyclic amines) is 1. The second-order valence-corrected chi connectivity index (χ2v) is 7.51. The van der Waals surface area contributed by atoms with Gasteiger partial charge >= 0.3 is 0 Å². The molecule has 3 heterocycles. The van der Waals surface area contributed by atoms with Gasteiger partial charge in [0.25, 0.3) is 5.56 Å². The second-order valence-electron chi connectivity index (χ2n) is 7.51. The van der Waals surface area contributed by atoms with Crippen molar-refractivity contribution in [2.75, 3.05) is 6.54 Å². The predicted molar refractivity (Wildman–Crippen MR) is 95.6 cm³/mol. The van der Waals surface area contributed by atoms with Crippen molar-refractivity contribution in [3.63, 3.8) is 0 Å². The molecule has 1 aliphatic carbocycles. The number of amides is 1. The molecule has 0 aromatic carbocycles. The standard InChI is InChI=1S/C19H26N4O2/c1-13-15(19(25)23-17(21-13)9-10-20-23)12-18(24)22-11-5-8-16(22)14-6-3-2-4-7-14/h9-10,14,16,20H,2-8,11-12H2,1H3/t16-/m0/s1. The number of carbonyl (C=O) groups is 1. The third-order valence-corrected chi connectivity index (χ3v) is 5.99. The first-order chi connectivity index (χ1) is 12.1. The smallest absolute Gasteiger partial charge is 0.276 e. The largest absolute Gasteiger partial charge is 0.339 e. The summed E-state index contributed by atoms with van der Waals surface area (Å²) < 4.78 is 1.41. The van der Waals surface area contributed by atoms with Crippen molar-refractivity contribution in [2.24, 2.45) is 5.92 Å². The lowest BCUT2D eigenvalue weighted by atomic mass is 9.83. The number of carbonyl (C=O) groups excluding carboxylic acids is 1. The Morgan fingerprint density at radius 2 is 2.04 bits per heavy atom. The summed E-state index contributed by atoms with van der Waals surface area (Å²) in [4.78, 5) is 32.2. The van der Waals surface area contributed by atoms with Crippen LogP contribution in [0.2, 0.25) is 0 Å². The normalized spacial score (nSPS) is 22.0. The quantitative estimate of drug-likeness (QED) is 0.931. The van der Waals surface area contributed by atoms with Crippen LogP contribution in [0, 0.1) is 12.8 Å². The SMILES string of the molecule is Cc1nc2cc[nH]n2c(=O)c1CC(=O)N1CCC[C@H]1C1CCCCC1. The summed E-state index contributed by atoms with van der Waals surface area (Å²) in [6, 6.07) is 2.14. The molecule has 1 saturated heterocycles. The van der Waals surface area contributed by atoms with E-state index >= 15 is 0 Å². The van der Waals surface area contributed by atoms with E-state index in [4.69, 9.17) is 0 Å². The maximum Gasteiger partial charge on any atom is 0.276 e. The Balaban J connectivity index is 1.56. The Kier molecular flexibility index (Phi) is 4.36. The van der Waals surface area contributed by atoms with E-state index in [-0.39, 0.29) is 17.9 Å². The monoisotopic (exact) mass is 342 g/mol. The molecule has 25 heavy (non-hydrogen) atoms. The van der Waals surface area contributed by atoms with Crippen LogP contribution in [0.1, 0.15) is 56.2 Å². The number of nitrogens with one attached hydrogen (secondary N) is 1. The average molecular weight is 342 g/mol. The van der Waals surface area contributed by atoms with E-state index in [1.54, 1.807) is 12.3 Å². The van der Waals surface area contributed by atoms with Crippen LogP contribution in [0.3, 0.4) is 0 Å². The van der Waals surface area contributed by atoms with Crippen LogP contribution in [0.5, 0.6) is 0 Å². The van der Waals surface area contributed by atoms with Crippen LogP contribution in [-0.4, -0.2) is 38.0 Å². The molecule has 134 valence electrons. The average Bonchev–Trinajstić information content (AvgIpc) is 3.28. The van der Waals surface area contributed by atoms with Crippen molar-refractivity contribution < 1.29 is 4.79 Å². The van der Waals surface area contributed by atoms with Gasteiger partial charge in [-0.1, -0.05) is 19.3 Å². The van der Waals surface area contributed by atoms with Gasteiger partial charge in [-0.2, -0.15) is 0 Å². The van der Waals surface area contributed by atoms with E-state index in [1.165, 1.54) is 36.6 Å². The minimum atomic E-state index is -0.158. The number of aryl methyl sites for hydroxylation is 1. The van der Waals surface area contributed by atoms with Gasteiger partial charge in [0.15, 0.2) is 5.65 Å².